The average Bonchev–Trinajstić information content (AvgIpc) is 2.32. The van der Waals surface area contributed by atoms with Gasteiger partial charge in [-0.1, -0.05) is 15.9 Å². The van der Waals surface area contributed by atoms with Crippen molar-refractivity contribution < 1.29 is 14.6 Å². The van der Waals surface area contributed by atoms with E-state index in [-0.39, 0.29) is 0 Å². The van der Waals surface area contributed by atoms with Crippen LogP contribution in [0.15, 0.2) is 22.7 Å². The minimum Gasteiger partial charge on any atom is -0.293 e. The molecule has 0 fully saturated rings. The molecule has 1 aromatic rings. The van der Waals surface area contributed by atoms with Crippen LogP contribution in [-0.4, -0.2) is 25.6 Å². The Morgan fingerprint density at radius 3 is 2.53 bits per heavy atom. The number of nitrogens with zero attached hydrogens (tertiary/aromatic N) is 1. The predicted molar refractivity (Wildman–Crippen MR) is 76.1 cm³/mol. The second-order valence-corrected chi connectivity index (χ2v) is 5.43. The lowest BCUT2D eigenvalue weighted by atomic mass is 10.2. The number of benzene rings is 1. The first kappa shape index (κ1) is 14.7. The number of carbonyl (C=O) groups excluding carboxylic acids is 1. The zero-order valence-electron chi connectivity index (χ0n) is 9.60. The van der Waals surface area contributed by atoms with Crippen LogP contribution in [0.1, 0.15) is 10.4 Å². The minimum atomic E-state index is -0.517. The Morgan fingerprint density at radius 2 is 2.00 bits per heavy atom. The van der Waals surface area contributed by atoms with E-state index in [2.05, 4.69) is 25.7 Å². The van der Waals surface area contributed by atoms with Crippen molar-refractivity contribution in [2.24, 2.45) is 0 Å². The Kier molecular flexibility index (Phi) is 6.18. The standard InChI is InChI=1S/C10H12BrNO3S2/c1-14-15-10(13)8-6-7(11)4-5-9(8)12(16-2)17-3/h4-6H,1-3H3. The molecule has 0 aliphatic heterocycles. The molecular weight excluding hydrogens is 326 g/mol. The fourth-order valence-electron chi connectivity index (χ4n) is 1.22. The molecule has 1 aromatic carbocycles. The number of carbonyl (C=O) groups is 1. The van der Waals surface area contributed by atoms with Gasteiger partial charge in [-0.15, -0.1) is 0 Å². The number of anilines is 1. The molecule has 0 saturated carbocycles. The van der Waals surface area contributed by atoms with E-state index in [1.54, 1.807) is 6.07 Å². The van der Waals surface area contributed by atoms with Crippen LogP contribution in [0.5, 0.6) is 0 Å². The van der Waals surface area contributed by atoms with Crippen LogP contribution in [0.2, 0.25) is 0 Å². The molecule has 0 heterocycles. The molecule has 0 aliphatic rings. The second-order valence-electron chi connectivity index (χ2n) is 2.82. The summed E-state index contributed by atoms with van der Waals surface area (Å²) in [4.78, 5) is 20.7. The van der Waals surface area contributed by atoms with Crippen LogP contribution >= 0.6 is 39.8 Å². The van der Waals surface area contributed by atoms with Gasteiger partial charge in [0.2, 0.25) is 0 Å². The molecule has 0 atom stereocenters. The molecule has 0 aliphatic carbocycles. The number of hydrogen-bond donors (Lipinski definition) is 0. The first-order chi connectivity index (χ1) is 8.13. The summed E-state index contributed by atoms with van der Waals surface area (Å²) in [6.07, 6.45) is 3.87. The molecule has 0 spiro atoms. The lowest BCUT2D eigenvalue weighted by Gasteiger charge is -2.20. The van der Waals surface area contributed by atoms with Crippen LogP contribution in [0.3, 0.4) is 0 Å². The highest BCUT2D eigenvalue weighted by atomic mass is 79.9. The molecule has 0 radical (unpaired) electrons. The first-order valence-electron chi connectivity index (χ1n) is 4.57. The summed E-state index contributed by atoms with van der Waals surface area (Å²) in [5.41, 5.74) is 1.22. The number of halogens is 1. The zero-order valence-corrected chi connectivity index (χ0v) is 12.8. The third-order valence-electron chi connectivity index (χ3n) is 1.87. The van der Waals surface area contributed by atoms with Crippen molar-refractivity contribution in [1.29, 1.82) is 0 Å². The van der Waals surface area contributed by atoms with E-state index >= 15 is 0 Å². The van der Waals surface area contributed by atoms with Crippen LogP contribution in [0, 0.1) is 0 Å². The van der Waals surface area contributed by atoms with E-state index in [9.17, 15) is 4.79 Å². The SMILES string of the molecule is COOC(=O)c1cc(Br)ccc1N(SC)SC. The van der Waals surface area contributed by atoms with Gasteiger partial charge in [-0.25, -0.2) is 4.79 Å². The Hall–Kier alpha value is -0.370. The summed E-state index contributed by atoms with van der Waals surface area (Å²) in [6, 6.07) is 5.43. The largest absolute Gasteiger partial charge is 0.375 e. The summed E-state index contributed by atoms with van der Waals surface area (Å²) in [7, 11) is 1.30. The number of rotatable bonds is 5. The molecule has 4 nitrogen and oxygen atoms in total. The normalized spacial score (nSPS) is 10.1. The molecule has 0 amide bonds. The van der Waals surface area contributed by atoms with Crippen molar-refractivity contribution in [3.63, 3.8) is 0 Å². The molecule has 0 bridgehead atoms. The highest BCUT2D eigenvalue weighted by Crippen LogP contribution is 2.33. The molecule has 0 unspecified atom stereocenters. The Labute approximate surface area is 117 Å². The smallest absolute Gasteiger partial charge is 0.293 e. The zero-order chi connectivity index (χ0) is 12.8. The van der Waals surface area contributed by atoms with Crippen LogP contribution in [0.25, 0.3) is 0 Å². The van der Waals surface area contributed by atoms with Gasteiger partial charge in [0.15, 0.2) is 0 Å². The van der Waals surface area contributed by atoms with Gasteiger partial charge >= 0.3 is 5.97 Å². The van der Waals surface area contributed by atoms with Gasteiger partial charge in [0.25, 0.3) is 0 Å². The summed E-state index contributed by atoms with van der Waals surface area (Å²) in [5.74, 6) is -0.517. The lowest BCUT2D eigenvalue weighted by molar-refractivity contribution is -0.216. The minimum absolute atomic E-state index is 0.449. The van der Waals surface area contributed by atoms with Gasteiger partial charge in [0, 0.05) is 17.0 Å². The average molecular weight is 338 g/mol. The van der Waals surface area contributed by atoms with E-state index in [1.165, 1.54) is 31.0 Å². The van der Waals surface area contributed by atoms with Crippen molar-refractivity contribution in [3.8, 4) is 0 Å². The third kappa shape index (κ3) is 3.80. The van der Waals surface area contributed by atoms with E-state index in [0.717, 1.165) is 10.2 Å². The second kappa shape index (κ2) is 7.15. The molecule has 7 heteroatoms. The highest BCUT2D eigenvalue weighted by molar-refractivity contribution is 9.10. The van der Waals surface area contributed by atoms with Crippen molar-refractivity contribution in [2.75, 3.05) is 23.3 Å². The summed E-state index contributed by atoms with van der Waals surface area (Å²) >= 11 is 6.35. The van der Waals surface area contributed by atoms with Crippen molar-refractivity contribution in [3.05, 3.63) is 28.2 Å². The molecule has 1 rings (SSSR count). The number of hydrogen-bond acceptors (Lipinski definition) is 6. The van der Waals surface area contributed by atoms with E-state index in [1.807, 2.05) is 28.4 Å². The summed E-state index contributed by atoms with van der Waals surface area (Å²) < 4.78 is 2.73. The maximum Gasteiger partial charge on any atom is 0.375 e. The van der Waals surface area contributed by atoms with Crippen LogP contribution < -0.4 is 3.71 Å². The topological polar surface area (TPSA) is 38.8 Å². The predicted octanol–water partition coefficient (Wildman–Crippen LogP) is 3.53. The van der Waals surface area contributed by atoms with Gasteiger partial charge in [-0.05, 0) is 42.1 Å². The molecular formula is C10H12BrNO3S2. The quantitative estimate of drug-likeness (QED) is 0.465. The van der Waals surface area contributed by atoms with Gasteiger partial charge in [-0.2, -0.15) is 4.89 Å². The summed E-state index contributed by atoms with van der Waals surface area (Å²) in [5, 5.41) is 0. The van der Waals surface area contributed by atoms with Gasteiger partial charge in [-0.3, -0.25) is 8.60 Å². The highest BCUT2D eigenvalue weighted by Gasteiger charge is 2.18. The van der Waals surface area contributed by atoms with Crippen LogP contribution in [0.4, 0.5) is 5.69 Å². The lowest BCUT2D eigenvalue weighted by Crippen LogP contribution is -2.11. The fourth-order valence-corrected chi connectivity index (χ4v) is 2.89. The Morgan fingerprint density at radius 1 is 1.35 bits per heavy atom. The maximum atomic E-state index is 11.7. The molecule has 0 saturated heterocycles. The van der Waals surface area contributed by atoms with Crippen molar-refractivity contribution >= 4 is 51.5 Å². The monoisotopic (exact) mass is 337 g/mol. The van der Waals surface area contributed by atoms with Gasteiger partial charge in [0.1, 0.15) is 0 Å². The van der Waals surface area contributed by atoms with Gasteiger partial charge < -0.3 is 0 Å². The first-order valence-corrected chi connectivity index (χ1v) is 7.72. The van der Waals surface area contributed by atoms with Crippen LogP contribution in [-0.2, 0) is 9.78 Å². The molecule has 0 N–H and O–H groups in total. The van der Waals surface area contributed by atoms with Crippen molar-refractivity contribution in [1.82, 2.24) is 0 Å². The van der Waals surface area contributed by atoms with Crippen molar-refractivity contribution in [2.45, 2.75) is 0 Å². The van der Waals surface area contributed by atoms with Gasteiger partial charge in [0.05, 0.1) is 18.4 Å². The Bertz CT molecular complexity index is 399. The Balaban J connectivity index is 3.15. The van der Waals surface area contributed by atoms with E-state index in [0.29, 0.717) is 5.56 Å². The van der Waals surface area contributed by atoms with E-state index in [4.69, 9.17) is 0 Å². The third-order valence-corrected chi connectivity index (χ3v) is 4.31. The molecule has 17 heavy (non-hydrogen) atoms. The maximum absolute atomic E-state index is 11.7. The summed E-state index contributed by atoms with van der Waals surface area (Å²) in [6.45, 7) is 0. The molecule has 94 valence electrons. The van der Waals surface area contributed by atoms with E-state index < -0.39 is 5.97 Å². The fraction of sp³-hybridized carbons (Fsp3) is 0.300. The molecule has 0 aromatic heterocycles.